The maximum Gasteiger partial charge on any atom is 0.340 e. The number of rotatable bonds is 5. The maximum absolute atomic E-state index is 12.2. The Balaban J connectivity index is 2.38. The molecular weight excluding hydrogens is 350 g/mol. The van der Waals surface area contributed by atoms with E-state index in [0.29, 0.717) is 10.9 Å². The lowest BCUT2D eigenvalue weighted by Crippen LogP contribution is -2.45. The number of benzene rings is 1. The second-order valence-electron chi connectivity index (χ2n) is 6.10. The summed E-state index contributed by atoms with van der Waals surface area (Å²) in [5.74, 6) is -2.27. The van der Waals surface area contributed by atoms with Gasteiger partial charge >= 0.3 is 11.6 Å². The molecule has 0 aliphatic rings. The van der Waals surface area contributed by atoms with Crippen LogP contribution in [0.3, 0.4) is 0 Å². The van der Waals surface area contributed by atoms with Crippen molar-refractivity contribution in [3.8, 4) is 5.75 Å². The van der Waals surface area contributed by atoms with Crippen molar-refractivity contribution in [2.75, 3.05) is 0 Å². The first-order chi connectivity index (χ1) is 11.6. The quantitative estimate of drug-likeness (QED) is 0.697. The second kappa shape index (κ2) is 7.14. The monoisotopic (exact) mass is 367 g/mol. The number of carboxylic acid groups (broad SMARTS) is 1. The fraction of sp³-hybridized carbons (Fsp3) is 0.353. The Morgan fingerprint density at radius 3 is 2.52 bits per heavy atom. The van der Waals surface area contributed by atoms with Crippen molar-refractivity contribution in [2.45, 2.75) is 33.2 Å². The Kier molecular flexibility index (Phi) is 5.37. The van der Waals surface area contributed by atoms with Crippen molar-refractivity contribution in [1.82, 2.24) is 5.32 Å². The highest BCUT2D eigenvalue weighted by atomic mass is 35.5. The molecule has 134 valence electrons. The number of aromatic hydroxyl groups is 1. The van der Waals surface area contributed by atoms with Gasteiger partial charge in [0.05, 0.1) is 17.0 Å². The number of hydrogen-bond acceptors (Lipinski definition) is 5. The molecule has 1 heterocycles. The van der Waals surface area contributed by atoms with Gasteiger partial charge in [-0.2, -0.15) is 0 Å². The van der Waals surface area contributed by atoms with E-state index in [2.05, 4.69) is 5.32 Å². The van der Waals surface area contributed by atoms with Crippen molar-refractivity contribution in [3.05, 3.63) is 38.7 Å². The van der Waals surface area contributed by atoms with E-state index in [-0.39, 0.29) is 34.3 Å². The van der Waals surface area contributed by atoms with E-state index >= 15 is 0 Å². The van der Waals surface area contributed by atoms with Gasteiger partial charge in [0.1, 0.15) is 17.4 Å². The van der Waals surface area contributed by atoms with Crippen LogP contribution < -0.4 is 10.9 Å². The van der Waals surface area contributed by atoms with Crippen molar-refractivity contribution in [2.24, 2.45) is 5.92 Å². The summed E-state index contributed by atoms with van der Waals surface area (Å²) in [7, 11) is 0. The number of carbonyl (C=O) groups is 2. The fourth-order valence-corrected chi connectivity index (χ4v) is 2.66. The normalized spacial score (nSPS) is 12.4. The molecule has 2 aromatic rings. The molecule has 0 aliphatic heterocycles. The maximum atomic E-state index is 12.2. The van der Waals surface area contributed by atoms with E-state index in [4.69, 9.17) is 21.1 Å². The van der Waals surface area contributed by atoms with Gasteiger partial charge in [0, 0.05) is 11.5 Å². The third-order valence-electron chi connectivity index (χ3n) is 3.94. The van der Waals surface area contributed by atoms with Gasteiger partial charge in [0.2, 0.25) is 5.91 Å². The number of phenols is 1. The highest BCUT2D eigenvalue weighted by Crippen LogP contribution is 2.30. The fourth-order valence-electron chi connectivity index (χ4n) is 2.50. The molecule has 25 heavy (non-hydrogen) atoms. The molecule has 0 bridgehead atoms. The topological polar surface area (TPSA) is 117 Å². The second-order valence-corrected chi connectivity index (χ2v) is 6.50. The largest absolute Gasteiger partial charge is 0.506 e. The first-order valence-electron chi connectivity index (χ1n) is 7.58. The standard InChI is InChI=1S/C17H18ClNO6/c1-7(2)15(16(22)23)19-14(21)5-10-8(3)9-4-11(18)12(20)6-13(9)25-17(10)24/h4,6-7,15,20H,5H2,1-3H3,(H,19,21)(H,22,23)/t15-/m1/s1. The van der Waals surface area contributed by atoms with E-state index in [1.54, 1.807) is 20.8 Å². The summed E-state index contributed by atoms with van der Waals surface area (Å²) in [4.78, 5) is 35.5. The first kappa shape index (κ1) is 18.8. The van der Waals surface area contributed by atoms with E-state index in [0.717, 1.165) is 0 Å². The van der Waals surface area contributed by atoms with E-state index in [1.807, 2.05) is 0 Å². The van der Waals surface area contributed by atoms with E-state index in [1.165, 1.54) is 12.1 Å². The van der Waals surface area contributed by atoms with Crippen molar-refractivity contribution >= 4 is 34.4 Å². The molecule has 1 atom stereocenters. The Labute approximate surface area is 148 Å². The van der Waals surface area contributed by atoms with Gasteiger partial charge < -0.3 is 19.9 Å². The minimum Gasteiger partial charge on any atom is -0.506 e. The lowest BCUT2D eigenvalue weighted by atomic mass is 10.0. The van der Waals surface area contributed by atoms with Gasteiger partial charge in [-0.25, -0.2) is 9.59 Å². The number of carbonyl (C=O) groups excluding carboxylic acids is 1. The van der Waals surface area contributed by atoms with Crippen LogP contribution in [0.15, 0.2) is 21.3 Å². The summed E-state index contributed by atoms with van der Waals surface area (Å²) in [6.45, 7) is 4.97. The average Bonchev–Trinajstić information content (AvgIpc) is 2.51. The zero-order valence-electron chi connectivity index (χ0n) is 13.9. The molecule has 8 heteroatoms. The molecule has 0 saturated heterocycles. The highest BCUT2D eigenvalue weighted by Gasteiger charge is 2.24. The minimum absolute atomic E-state index is 0.0885. The van der Waals surface area contributed by atoms with Crippen LogP contribution >= 0.6 is 11.6 Å². The molecule has 1 aromatic carbocycles. The Morgan fingerprint density at radius 1 is 1.32 bits per heavy atom. The molecule has 0 radical (unpaired) electrons. The van der Waals surface area contributed by atoms with Crippen LogP contribution in [0.1, 0.15) is 25.0 Å². The van der Waals surface area contributed by atoms with Gasteiger partial charge in [-0.05, 0) is 24.5 Å². The summed E-state index contributed by atoms with van der Waals surface area (Å²) < 4.78 is 5.14. The van der Waals surface area contributed by atoms with Crippen LogP contribution in [-0.4, -0.2) is 28.1 Å². The summed E-state index contributed by atoms with van der Waals surface area (Å²) in [5.41, 5.74) is 0.0248. The third kappa shape index (κ3) is 3.93. The third-order valence-corrected chi connectivity index (χ3v) is 4.24. The molecule has 0 saturated carbocycles. The molecule has 0 spiro atoms. The lowest BCUT2D eigenvalue weighted by Gasteiger charge is -2.18. The van der Waals surface area contributed by atoms with E-state index in [9.17, 15) is 19.5 Å². The van der Waals surface area contributed by atoms with Gasteiger partial charge in [0.25, 0.3) is 0 Å². The number of halogens is 1. The number of aliphatic carboxylic acids is 1. The molecule has 1 aromatic heterocycles. The number of aryl methyl sites for hydroxylation is 1. The van der Waals surface area contributed by atoms with Crippen LogP contribution in [0.4, 0.5) is 0 Å². The summed E-state index contributed by atoms with van der Waals surface area (Å²) in [6.07, 6.45) is -0.320. The van der Waals surface area contributed by atoms with Crippen LogP contribution in [0.25, 0.3) is 11.0 Å². The molecule has 3 N–H and O–H groups in total. The van der Waals surface area contributed by atoms with Crippen LogP contribution in [-0.2, 0) is 16.0 Å². The number of hydrogen-bond donors (Lipinski definition) is 3. The van der Waals surface area contributed by atoms with Gasteiger partial charge in [-0.15, -0.1) is 0 Å². The van der Waals surface area contributed by atoms with Gasteiger partial charge in [-0.3, -0.25) is 4.79 Å². The predicted octanol–water partition coefficient (Wildman–Crippen LogP) is 2.23. The van der Waals surface area contributed by atoms with Crippen molar-refractivity contribution in [1.29, 1.82) is 0 Å². The zero-order valence-corrected chi connectivity index (χ0v) is 14.7. The lowest BCUT2D eigenvalue weighted by molar-refractivity contribution is -0.143. The molecule has 0 aliphatic carbocycles. The van der Waals surface area contributed by atoms with Crippen LogP contribution in [0.2, 0.25) is 5.02 Å². The molecule has 2 rings (SSSR count). The van der Waals surface area contributed by atoms with Gasteiger partial charge in [0.15, 0.2) is 0 Å². The Hall–Kier alpha value is -2.54. The molecule has 0 unspecified atom stereocenters. The smallest absolute Gasteiger partial charge is 0.340 e. The van der Waals surface area contributed by atoms with E-state index < -0.39 is 23.5 Å². The highest BCUT2D eigenvalue weighted by molar-refractivity contribution is 6.32. The summed E-state index contributed by atoms with van der Waals surface area (Å²) in [6, 6.07) is 1.63. The predicted molar refractivity (Wildman–Crippen MR) is 92.0 cm³/mol. The Morgan fingerprint density at radius 2 is 1.96 bits per heavy atom. The average molecular weight is 368 g/mol. The SMILES string of the molecule is Cc1c(CC(=O)N[C@@H](C(=O)O)C(C)C)c(=O)oc2cc(O)c(Cl)cc12. The molecular formula is C17H18ClNO6. The zero-order chi connectivity index (χ0) is 18.9. The van der Waals surface area contributed by atoms with Gasteiger partial charge in [-0.1, -0.05) is 25.4 Å². The molecule has 7 nitrogen and oxygen atoms in total. The summed E-state index contributed by atoms with van der Waals surface area (Å²) >= 11 is 5.88. The molecule has 0 fully saturated rings. The van der Waals surface area contributed by atoms with Crippen molar-refractivity contribution < 1.29 is 24.2 Å². The Bertz CT molecular complexity index is 902. The number of amides is 1. The van der Waals surface area contributed by atoms with Crippen LogP contribution in [0, 0.1) is 12.8 Å². The van der Waals surface area contributed by atoms with Crippen molar-refractivity contribution in [3.63, 3.8) is 0 Å². The summed E-state index contributed by atoms with van der Waals surface area (Å²) in [5, 5.41) is 21.7. The number of phenolic OH excluding ortho intramolecular Hbond substituents is 1. The molecule has 1 amide bonds. The first-order valence-corrected chi connectivity index (χ1v) is 7.96. The number of carboxylic acids is 1. The van der Waals surface area contributed by atoms with Crippen LogP contribution in [0.5, 0.6) is 5.75 Å². The number of nitrogens with one attached hydrogen (secondary N) is 1. The number of fused-ring (bicyclic) bond motifs is 1. The minimum atomic E-state index is -1.15.